The van der Waals surface area contributed by atoms with E-state index in [-0.39, 0.29) is 11.0 Å². The first kappa shape index (κ1) is 17.3. The van der Waals surface area contributed by atoms with Gasteiger partial charge in [-0.1, -0.05) is 0 Å². The summed E-state index contributed by atoms with van der Waals surface area (Å²) in [4.78, 5) is 30.3. The number of fused-ring (bicyclic) bond motifs is 1. The number of morpholine rings is 1. The molecule has 1 aromatic carbocycles. The van der Waals surface area contributed by atoms with E-state index in [4.69, 9.17) is 4.74 Å². The largest absolute Gasteiger partial charge is 0.867 e. The molecule has 3 rings (SSSR count). The second-order valence-corrected chi connectivity index (χ2v) is 4.74. The molecule has 11 heteroatoms. The zero-order valence-electron chi connectivity index (χ0n) is 12.3. The minimum absolute atomic E-state index is 0.235. The molecule has 1 aliphatic heterocycles. The summed E-state index contributed by atoms with van der Waals surface area (Å²) < 4.78 is 9.59. The molecule has 0 radical (unpaired) electrons. The number of hydrogen-bond acceptors (Lipinski definition) is 8. The molecule has 24 heavy (non-hydrogen) atoms. The Morgan fingerprint density at radius 1 is 1.08 bits per heavy atom. The Morgan fingerprint density at radius 2 is 1.75 bits per heavy atom. The predicted octanol–water partition coefficient (Wildman–Crippen LogP) is -0.737. The van der Waals surface area contributed by atoms with E-state index in [0.29, 0.717) is 0 Å². The van der Waals surface area contributed by atoms with Crippen LogP contribution in [-0.2, 0) is 4.74 Å². The van der Waals surface area contributed by atoms with Crippen LogP contribution in [-0.4, -0.2) is 36.1 Å². The maximum atomic E-state index is 11.6. The Hall–Kier alpha value is -3.05. The summed E-state index contributed by atoms with van der Waals surface area (Å²) in [6.07, 6.45) is 0. The topological polar surface area (TPSA) is 165 Å². The third kappa shape index (κ3) is 3.83. The van der Waals surface area contributed by atoms with Gasteiger partial charge in [-0.25, -0.2) is 4.79 Å². The van der Waals surface area contributed by atoms with E-state index in [1.807, 2.05) is 0 Å². The van der Waals surface area contributed by atoms with Crippen LogP contribution in [0, 0.1) is 20.2 Å². The molecule has 128 valence electrons. The number of hydrogen-bond donors (Lipinski definition) is 1. The molecule has 1 aliphatic rings. The lowest BCUT2D eigenvalue weighted by molar-refractivity contribution is -0.670. The molecule has 1 aromatic heterocycles. The molecule has 0 aliphatic carbocycles. The van der Waals surface area contributed by atoms with Crippen LogP contribution in [0.25, 0.3) is 11.0 Å². The van der Waals surface area contributed by atoms with Crippen LogP contribution in [0.2, 0.25) is 0 Å². The highest BCUT2D eigenvalue weighted by molar-refractivity contribution is 5.87. The molecular weight excluding hydrogens is 326 g/mol. The lowest BCUT2D eigenvalue weighted by atomic mass is 10.2. The van der Waals surface area contributed by atoms with Crippen LogP contribution in [0.15, 0.2) is 27.4 Å². The standard InChI is InChI=1S/C9H4N2O7.C4H9NO/c12-8-5-3-4(10(14)15)1-2-6(5)18-9(13)7(8)11(16)17;1-3-6-4-2-5-1/h1-3,12H;5H,1-4H2. The first-order chi connectivity index (χ1) is 11.4. The van der Waals surface area contributed by atoms with Crippen molar-refractivity contribution in [1.29, 1.82) is 0 Å². The van der Waals surface area contributed by atoms with E-state index in [1.54, 1.807) is 0 Å². The number of nitrogens with zero attached hydrogens (tertiary/aromatic N) is 2. The second-order valence-electron chi connectivity index (χ2n) is 4.74. The van der Waals surface area contributed by atoms with Crippen LogP contribution < -0.4 is 16.0 Å². The molecule has 0 bridgehead atoms. The Kier molecular flexibility index (Phi) is 5.39. The molecule has 2 aromatic rings. The number of rotatable bonds is 2. The van der Waals surface area contributed by atoms with Gasteiger partial charge >= 0.3 is 11.3 Å². The van der Waals surface area contributed by atoms with E-state index in [1.165, 1.54) is 0 Å². The molecule has 1 fully saturated rings. The van der Waals surface area contributed by atoms with Crippen LogP contribution in [0.1, 0.15) is 0 Å². The summed E-state index contributed by atoms with van der Waals surface area (Å²) in [5, 5.41) is 34.6. The van der Waals surface area contributed by atoms with Crippen molar-refractivity contribution in [1.82, 2.24) is 0 Å². The monoisotopic (exact) mass is 339 g/mol. The van der Waals surface area contributed by atoms with Gasteiger partial charge in [0.25, 0.3) is 5.69 Å². The van der Waals surface area contributed by atoms with Crippen molar-refractivity contribution in [2.75, 3.05) is 26.3 Å². The lowest BCUT2D eigenvalue weighted by Gasteiger charge is -2.08. The first-order valence-corrected chi connectivity index (χ1v) is 6.88. The van der Waals surface area contributed by atoms with E-state index in [9.17, 15) is 30.1 Å². The average molecular weight is 339 g/mol. The molecule has 1 saturated heterocycles. The molecule has 0 unspecified atom stereocenters. The van der Waals surface area contributed by atoms with Crippen LogP contribution in [0.3, 0.4) is 0 Å². The summed E-state index contributed by atoms with van der Waals surface area (Å²) in [6.45, 7) is 4.19. The SMILES string of the molecule is C1COCC[NH2+]1.O=c1oc2ccc([N+](=O)[O-])cc2c([O-])c1[N+](=O)[O-]. The highest BCUT2D eigenvalue weighted by Crippen LogP contribution is 2.30. The van der Waals surface area contributed by atoms with Gasteiger partial charge in [-0.3, -0.25) is 20.2 Å². The molecule has 2 heterocycles. The minimum Gasteiger partial charge on any atom is -0.867 e. The van der Waals surface area contributed by atoms with Crippen molar-refractivity contribution in [3.63, 3.8) is 0 Å². The normalized spacial score (nSPS) is 13.8. The van der Waals surface area contributed by atoms with E-state index in [2.05, 4.69) is 9.73 Å². The van der Waals surface area contributed by atoms with Crippen molar-refractivity contribution in [3.8, 4) is 5.75 Å². The summed E-state index contributed by atoms with van der Waals surface area (Å²) in [5.41, 5.74) is -3.31. The number of nitrogens with two attached hydrogens (primary N) is 1. The van der Waals surface area contributed by atoms with E-state index in [0.717, 1.165) is 44.5 Å². The van der Waals surface area contributed by atoms with Crippen LogP contribution in [0.5, 0.6) is 5.75 Å². The zero-order chi connectivity index (χ0) is 17.7. The third-order valence-corrected chi connectivity index (χ3v) is 3.14. The maximum absolute atomic E-state index is 11.6. The van der Waals surface area contributed by atoms with Gasteiger partial charge in [0.05, 0.1) is 36.1 Å². The first-order valence-electron chi connectivity index (χ1n) is 6.88. The summed E-state index contributed by atoms with van der Waals surface area (Å²) in [7, 11) is 0. The van der Waals surface area contributed by atoms with Gasteiger partial charge in [0.2, 0.25) is 0 Å². The van der Waals surface area contributed by atoms with Gasteiger partial charge in [0, 0.05) is 17.5 Å². The van der Waals surface area contributed by atoms with Gasteiger partial charge in [0.1, 0.15) is 5.58 Å². The number of nitro benzene ring substituents is 1. The highest BCUT2D eigenvalue weighted by Gasteiger charge is 2.19. The fourth-order valence-corrected chi connectivity index (χ4v) is 2.00. The quantitative estimate of drug-likeness (QED) is 0.424. The summed E-state index contributed by atoms with van der Waals surface area (Å²) in [5.74, 6) is -1.20. The van der Waals surface area contributed by atoms with Crippen molar-refractivity contribution in [2.45, 2.75) is 0 Å². The summed E-state index contributed by atoms with van der Waals surface area (Å²) in [6, 6.07) is 2.89. The van der Waals surface area contributed by atoms with Crippen LogP contribution >= 0.6 is 0 Å². The molecule has 0 amide bonds. The lowest BCUT2D eigenvalue weighted by Crippen LogP contribution is -2.87. The highest BCUT2D eigenvalue weighted by atomic mass is 16.6. The Labute approximate surface area is 133 Å². The summed E-state index contributed by atoms with van der Waals surface area (Å²) >= 11 is 0. The molecular formula is C13H13N3O8. The molecule has 0 spiro atoms. The van der Waals surface area contributed by atoms with Crippen molar-refractivity contribution < 1.29 is 29.4 Å². The minimum atomic E-state index is -1.38. The fourth-order valence-electron chi connectivity index (χ4n) is 2.00. The number of non-ortho nitro benzene ring substituents is 1. The van der Waals surface area contributed by atoms with Gasteiger partial charge in [-0.05, 0) is 11.8 Å². The van der Waals surface area contributed by atoms with Crippen molar-refractivity contribution in [2.24, 2.45) is 0 Å². The number of quaternary nitrogens is 1. The Bertz CT molecular complexity index is 816. The van der Waals surface area contributed by atoms with Crippen LogP contribution in [0.4, 0.5) is 11.4 Å². The number of benzene rings is 1. The average Bonchev–Trinajstić information content (AvgIpc) is 2.56. The van der Waals surface area contributed by atoms with E-state index < -0.39 is 32.6 Å². The predicted molar refractivity (Wildman–Crippen MR) is 77.7 cm³/mol. The third-order valence-electron chi connectivity index (χ3n) is 3.14. The Morgan fingerprint density at radius 3 is 2.21 bits per heavy atom. The van der Waals surface area contributed by atoms with Gasteiger partial charge in [0.15, 0.2) is 0 Å². The number of ether oxygens (including phenoxy) is 1. The van der Waals surface area contributed by atoms with Gasteiger partial charge in [-0.15, -0.1) is 0 Å². The number of nitro groups is 2. The maximum Gasteiger partial charge on any atom is 0.414 e. The zero-order valence-corrected chi connectivity index (χ0v) is 12.3. The van der Waals surface area contributed by atoms with E-state index >= 15 is 0 Å². The van der Waals surface area contributed by atoms with Crippen molar-refractivity contribution >= 4 is 22.3 Å². The second kappa shape index (κ2) is 7.48. The molecule has 11 nitrogen and oxygen atoms in total. The Balaban J connectivity index is 0.000000292. The van der Waals surface area contributed by atoms with Gasteiger partial charge in [-0.2, -0.15) is 0 Å². The fraction of sp³-hybridized carbons (Fsp3) is 0.308. The van der Waals surface area contributed by atoms with Crippen molar-refractivity contribution in [3.05, 3.63) is 48.8 Å². The molecule has 0 atom stereocenters. The van der Waals surface area contributed by atoms with Gasteiger partial charge < -0.3 is 19.6 Å². The molecule has 0 saturated carbocycles. The molecule has 2 N–H and O–H groups in total. The smallest absolute Gasteiger partial charge is 0.414 e.